The van der Waals surface area contributed by atoms with Crippen LogP contribution in [0, 0.1) is 12.7 Å². The molecule has 0 spiro atoms. The van der Waals surface area contributed by atoms with E-state index in [9.17, 15) is 4.39 Å². The van der Waals surface area contributed by atoms with Gasteiger partial charge in [-0.2, -0.15) is 5.10 Å². The molecule has 0 fully saturated rings. The molecule has 0 aromatic carbocycles. The Balaban J connectivity index is 1.92. The fourth-order valence-electron chi connectivity index (χ4n) is 2.90. The number of rotatable bonds is 4. The predicted octanol–water partition coefficient (Wildman–Crippen LogP) is 3.76. The quantitative estimate of drug-likeness (QED) is 0.606. The second-order valence-corrected chi connectivity index (χ2v) is 6.23. The summed E-state index contributed by atoms with van der Waals surface area (Å²) < 4.78 is 17.8. The van der Waals surface area contributed by atoms with Gasteiger partial charge in [0.1, 0.15) is 17.3 Å². The van der Waals surface area contributed by atoms with Crippen molar-refractivity contribution < 1.29 is 4.39 Å². The fraction of sp³-hybridized carbons (Fsp3) is 0.222. The van der Waals surface area contributed by atoms with Crippen molar-refractivity contribution >= 4 is 17.3 Å². The van der Waals surface area contributed by atoms with Gasteiger partial charge in [-0.05, 0) is 39.0 Å². The van der Waals surface area contributed by atoms with E-state index in [-0.39, 0.29) is 11.7 Å². The molecule has 4 aromatic rings. The van der Waals surface area contributed by atoms with Crippen molar-refractivity contribution in [3.05, 3.63) is 54.5 Å². The highest BCUT2D eigenvalue weighted by molar-refractivity contribution is 5.77. The highest BCUT2D eigenvalue weighted by Gasteiger charge is 2.19. The van der Waals surface area contributed by atoms with Gasteiger partial charge in [-0.15, -0.1) is 0 Å². The Morgan fingerprint density at radius 3 is 2.73 bits per heavy atom. The summed E-state index contributed by atoms with van der Waals surface area (Å²) in [5.74, 6) is 1.52. The Hall–Kier alpha value is -3.29. The van der Waals surface area contributed by atoms with Crippen LogP contribution in [0.2, 0.25) is 0 Å². The van der Waals surface area contributed by atoms with Gasteiger partial charge >= 0.3 is 0 Å². The zero-order valence-electron chi connectivity index (χ0n) is 14.7. The minimum atomic E-state index is -0.398. The molecular formula is C18H18FN7. The third-order valence-corrected chi connectivity index (χ3v) is 4.03. The molecular weight excluding hydrogens is 333 g/mol. The Labute approximate surface area is 149 Å². The number of nitrogens with one attached hydrogen (secondary N) is 1. The van der Waals surface area contributed by atoms with Crippen molar-refractivity contribution in [3.8, 4) is 11.4 Å². The maximum absolute atomic E-state index is 14.3. The number of nitrogens with zero attached hydrogens (tertiary/aromatic N) is 6. The topological polar surface area (TPSA) is 72.9 Å². The van der Waals surface area contributed by atoms with E-state index in [0.717, 1.165) is 5.82 Å². The lowest BCUT2D eigenvalue weighted by atomic mass is 10.3. The largest absolute Gasteiger partial charge is 0.323 e. The first-order chi connectivity index (χ1) is 12.5. The van der Waals surface area contributed by atoms with E-state index in [0.29, 0.717) is 23.0 Å². The first-order valence-corrected chi connectivity index (χ1v) is 8.31. The molecule has 0 saturated heterocycles. The molecule has 0 amide bonds. The predicted molar refractivity (Wildman–Crippen MR) is 96.8 cm³/mol. The lowest BCUT2D eigenvalue weighted by Crippen LogP contribution is -2.07. The van der Waals surface area contributed by atoms with Gasteiger partial charge in [-0.25, -0.2) is 24.0 Å². The van der Waals surface area contributed by atoms with Crippen molar-refractivity contribution in [1.29, 1.82) is 0 Å². The second kappa shape index (κ2) is 6.21. The Kier molecular flexibility index (Phi) is 3.87. The SMILES string of the molecule is Cc1nccc(-c2c(Nc3ccnn3C(C)C)nc3c(F)cccn23)n1. The Morgan fingerprint density at radius 1 is 1.12 bits per heavy atom. The number of hydrogen-bond acceptors (Lipinski definition) is 5. The summed E-state index contributed by atoms with van der Waals surface area (Å²) in [5.41, 5.74) is 1.56. The molecule has 8 heteroatoms. The van der Waals surface area contributed by atoms with Crippen molar-refractivity contribution in [2.45, 2.75) is 26.8 Å². The summed E-state index contributed by atoms with van der Waals surface area (Å²) in [6.45, 7) is 5.89. The first-order valence-electron chi connectivity index (χ1n) is 8.31. The van der Waals surface area contributed by atoms with E-state index in [1.165, 1.54) is 6.07 Å². The lowest BCUT2D eigenvalue weighted by Gasteiger charge is -2.12. The number of anilines is 2. The summed E-state index contributed by atoms with van der Waals surface area (Å²) >= 11 is 0. The zero-order chi connectivity index (χ0) is 18.3. The van der Waals surface area contributed by atoms with E-state index in [4.69, 9.17) is 0 Å². The standard InChI is InChI=1S/C18H18FN7/c1-11(2)26-15(7-9-21-26)23-17-16(14-6-8-20-12(3)22-14)25-10-4-5-13(19)18(25)24-17/h4-11,23H,1-3H3. The van der Waals surface area contributed by atoms with Gasteiger partial charge < -0.3 is 5.32 Å². The molecule has 0 radical (unpaired) electrons. The Morgan fingerprint density at radius 2 is 1.96 bits per heavy atom. The number of fused-ring (bicyclic) bond motifs is 1. The number of hydrogen-bond donors (Lipinski definition) is 1. The number of aryl methyl sites for hydroxylation is 1. The van der Waals surface area contributed by atoms with Gasteiger partial charge in [-0.1, -0.05) is 0 Å². The number of halogens is 1. The van der Waals surface area contributed by atoms with E-state index in [1.54, 1.807) is 35.1 Å². The lowest BCUT2D eigenvalue weighted by molar-refractivity contribution is 0.539. The monoisotopic (exact) mass is 351 g/mol. The highest BCUT2D eigenvalue weighted by atomic mass is 19.1. The molecule has 7 nitrogen and oxygen atoms in total. The molecule has 4 heterocycles. The molecule has 132 valence electrons. The normalized spacial score (nSPS) is 11.4. The summed E-state index contributed by atoms with van der Waals surface area (Å²) in [5, 5.41) is 7.60. The number of imidazole rings is 1. The van der Waals surface area contributed by atoms with E-state index < -0.39 is 5.82 Å². The summed E-state index contributed by atoms with van der Waals surface area (Å²) in [7, 11) is 0. The van der Waals surface area contributed by atoms with Crippen LogP contribution >= 0.6 is 0 Å². The molecule has 0 saturated carbocycles. The molecule has 0 bridgehead atoms. The summed E-state index contributed by atoms with van der Waals surface area (Å²) in [4.78, 5) is 13.1. The van der Waals surface area contributed by atoms with Crippen LogP contribution in [-0.4, -0.2) is 29.1 Å². The smallest absolute Gasteiger partial charge is 0.175 e. The second-order valence-electron chi connectivity index (χ2n) is 6.23. The fourth-order valence-corrected chi connectivity index (χ4v) is 2.90. The average Bonchev–Trinajstić information content (AvgIpc) is 3.20. The maximum Gasteiger partial charge on any atom is 0.175 e. The van der Waals surface area contributed by atoms with Crippen LogP contribution in [0.1, 0.15) is 25.7 Å². The highest BCUT2D eigenvalue weighted by Crippen LogP contribution is 2.31. The molecule has 26 heavy (non-hydrogen) atoms. The average molecular weight is 351 g/mol. The van der Waals surface area contributed by atoms with E-state index >= 15 is 0 Å². The molecule has 4 rings (SSSR count). The number of pyridine rings is 1. The van der Waals surface area contributed by atoms with Gasteiger partial charge in [0.05, 0.1) is 11.9 Å². The van der Waals surface area contributed by atoms with E-state index in [2.05, 4.69) is 25.4 Å². The van der Waals surface area contributed by atoms with Crippen molar-refractivity contribution in [2.75, 3.05) is 5.32 Å². The molecule has 1 N–H and O–H groups in total. The third-order valence-electron chi connectivity index (χ3n) is 4.03. The summed E-state index contributed by atoms with van der Waals surface area (Å²) in [6, 6.07) is 6.84. The minimum Gasteiger partial charge on any atom is -0.323 e. The van der Waals surface area contributed by atoms with Crippen molar-refractivity contribution in [3.63, 3.8) is 0 Å². The summed E-state index contributed by atoms with van der Waals surface area (Å²) in [6.07, 6.45) is 5.16. The van der Waals surface area contributed by atoms with Gasteiger partial charge in [-0.3, -0.25) is 4.40 Å². The zero-order valence-corrected chi connectivity index (χ0v) is 14.7. The van der Waals surface area contributed by atoms with Crippen molar-refractivity contribution in [2.24, 2.45) is 0 Å². The Bertz CT molecular complexity index is 1080. The van der Waals surface area contributed by atoms with Gasteiger partial charge in [0.15, 0.2) is 17.3 Å². The maximum atomic E-state index is 14.3. The molecule has 4 aromatic heterocycles. The van der Waals surface area contributed by atoms with Crippen LogP contribution in [0.3, 0.4) is 0 Å². The third kappa shape index (κ3) is 2.69. The minimum absolute atomic E-state index is 0.172. The number of aromatic nitrogens is 6. The van der Waals surface area contributed by atoms with Gasteiger partial charge in [0.25, 0.3) is 0 Å². The van der Waals surface area contributed by atoms with Crippen molar-refractivity contribution in [1.82, 2.24) is 29.1 Å². The van der Waals surface area contributed by atoms with Gasteiger partial charge in [0.2, 0.25) is 0 Å². The van der Waals surface area contributed by atoms with Crippen LogP contribution in [0.4, 0.5) is 16.0 Å². The van der Waals surface area contributed by atoms with Gasteiger partial charge in [0, 0.05) is 24.5 Å². The molecule has 0 unspecified atom stereocenters. The van der Waals surface area contributed by atoms with Crippen LogP contribution in [0.5, 0.6) is 0 Å². The molecule has 0 aliphatic carbocycles. The molecule has 0 atom stereocenters. The van der Waals surface area contributed by atoms with Crippen LogP contribution in [-0.2, 0) is 0 Å². The molecule has 0 aliphatic heterocycles. The van der Waals surface area contributed by atoms with E-state index in [1.807, 2.05) is 31.5 Å². The van der Waals surface area contributed by atoms with Crippen LogP contribution < -0.4 is 5.32 Å². The van der Waals surface area contributed by atoms with Crippen LogP contribution in [0.15, 0.2) is 42.9 Å². The first kappa shape index (κ1) is 16.2. The van der Waals surface area contributed by atoms with Crippen LogP contribution in [0.25, 0.3) is 17.0 Å². The molecule has 0 aliphatic rings.